The third kappa shape index (κ3) is 2.13. The number of nitriles is 1. The summed E-state index contributed by atoms with van der Waals surface area (Å²) >= 11 is 0. The van der Waals surface area contributed by atoms with Crippen molar-refractivity contribution in [1.82, 2.24) is 9.55 Å². The highest BCUT2D eigenvalue weighted by Crippen LogP contribution is 2.29. The molecule has 104 valence electrons. The Balaban J connectivity index is 2.35. The fourth-order valence-corrected chi connectivity index (χ4v) is 2.60. The Hall–Kier alpha value is -2.80. The first-order valence-corrected chi connectivity index (χ1v) is 6.89. The monoisotopic (exact) mass is 276 g/mol. The number of nitrogen functional groups attached to an aromatic ring is 1. The number of rotatable bonds is 2. The van der Waals surface area contributed by atoms with E-state index in [2.05, 4.69) is 31.0 Å². The van der Waals surface area contributed by atoms with Crippen LogP contribution in [-0.2, 0) is 0 Å². The van der Waals surface area contributed by atoms with Gasteiger partial charge < -0.3 is 5.73 Å². The van der Waals surface area contributed by atoms with E-state index in [1.807, 2.05) is 34.9 Å². The number of anilines is 1. The van der Waals surface area contributed by atoms with Crippen molar-refractivity contribution in [2.45, 2.75) is 19.8 Å². The Bertz CT molecular complexity index is 853. The minimum atomic E-state index is 0.372. The van der Waals surface area contributed by atoms with Crippen LogP contribution in [0.4, 0.5) is 5.95 Å². The van der Waals surface area contributed by atoms with Crippen molar-refractivity contribution in [2.75, 3.05) is 5.73 Å². The van der Waals surface area contributed by atoms with Crippen LogP contribution >= 0.6 is 0 Å². The van der Waals surface area contributed by atoms with Crippen molar-refractivity contribution in [1.29, 1.82) is 5.26 Å². The van der Waals surface area contributed by atoms with Gasteiger partial charge in [0, 0.05) is 0 Å². The quantitative estimate of drug-likeness (QED) is 0.777. The number of nitrogens with two attached hydrogens (primary N) is 1. The molecule has 0 saturated carbocycles. The van der Waals surface area contributed by atoms with E-state index in [4.69, 9.17) is 11.0 Å². The number of hydrogen-bond donors (Lipinski definition) is 1. The molecule has 2 aromatic carbocycles. The SMILES string of the molecule is CC(C)c1ccccc1-n1c(N)nc2ccc(C#N)cc21. The van der Waals surface area contributed by atoms with E-state index in [0.717, 1.165) is 16.7 Å². The second-order valence-corrected chi connectivity index (χ2v) is 5.33. The van der Waals surface area contributed by atoms with Crippen molar-refractivity contribution in [3.63, 3.8) is 0 Å². The smallest absolute Gasteiger partial charge is 0.205 e. The fraction of sp³-hybridized carbons (Fsp3) is 0.176. The molecule has 0 bridgehead atoms. The number of para-hydroxylation sites is 1. The van der Waals surface area contributed by atoms with E-state index >= 15 is 0 Å². The van der Waals surface area contributed by atoms with Crippen LogP contribution in [0.3, 0.4) is 0 Å². The standard InChI is InChI=1S/C17H16N4/c1-11(2)13-5-3-4-6-15(13)21-16-9-12(10-18)7-8-14(16)20-17(21)19/h3-9,11H,1-2H3,(H2,19,20). The van der Waals surface area contributed by atoms with Gasteiger partial charge in [0.05, 0.1) is 28.4 Å². The summed E-state index contributed by atoms with van der Waals surface area (Å²) < 4.78 is 1.92. The molecule has 3 rings (SSSR count). The summed E-state index contributed by atoms with van der Waals surface area (Å²) in [5, 5.41) is 9.10. The van der Waals surface area contributed by atoms with Crippen LogP contribution in [0.2, 0.25) is 0 Å². The maximum Gasteiger partial charge on any atom is 0.205 e. The normalized spacial score (nSPS) is 11.0. The van der Waals surface area contributed by atoms with Gasteiger partial charge in [0.15, 0.2) is 0 Å². The lowest BCUT2D eigenvalue weighted by Crippen LogP contribution is -2.05. The molecule has 0 spiro atoms. The van der Waals surface area contributed by atoms with Crippen molar-refractivity contribution in [2.24, 2.45) is 0 Å². The maximum absolute atomic E-state index is 9.10. The molecule has 4 nitrogen and oxygen atoms in total. The minimum absolute atomic E-state index is 0.372. The number of nitrogens with zero attached hydrogens (tertiary/aromatic N) is 3. The average Bonchev–Trinajstić information content (AvgIpc) is 2.81. The van der Waals surface area contributed by atoms with E-state index in [0.29, 0.717) is 17.4 Å². The summed E-state index contributed by atoms with van der Waals surface area (Å²) in [7, 11) is 0. The molecular formula is C17H16N4. The van der Waals surface area contributed by atoms with E-state index in [-0.39, 0.29) is 0 Å². The molecule has 1 aromatic heterocycles. The van der Waals surface area contributed by atoms with Gasteiger partial charge in [-0.2, -0.15) is 5.26 Å². The Morgan fingerprint density at radius 3 is 2.67 bits per heavy atom. The molecule has 1 heterocycles. The van der Waals surface area contributed by atoms with Crippen LogP contribution in [0.5, 0.6) is 0 Å². The van der Waals surface area contributed by atoms with Crippen molar-refractivity contribution in [3.05, 3.63) is 53.6 Å². The zero-order chi connectivity index (χ0) is 15.0. The predicted molar refractivity (Wildman–Crippen MR) is 84.3 cm³/mol. The van der Waals surface area contributed by atoms with Crippen molar-refractivity contribution in [3.8, 4) is 11.8 Å². The molecule has 0 saturated heterocycles. The van der Waals surface area contributed by atoms with Crippen molar-refractivity contribution < 1.29 is 0 Å². The van der Waals surface area contributed by atoms with Crippen LogP contribution in [0, 0.1) is 11.3 Å². The molecule has 0 amide bonds. The fourth-order valence-electron chi connectivity index (χ4n) is 2.60. The number of fused-ring (bicyclic) bond motifs is 1. The molecule has 3 aromatic rings. The molecule has 2 N–H and O–H groups in total. The number of hydrogen-bond acceptors (Lipinski definition) is 3. The predicted octanol–water partition coefficient (Wildman–Crippen LogP) is 3.60. The molecule has 0 aliphatic carbocycles. The molecule has 0 aliphatic rings. The number of aromatic nitrogens is 2. The number of benzene rings is 2. The first-order valence-electron chi connectivity index (χ1n) is 6.89. The Morgan fingerprint density at radius 1 is 1.19 bits per heavy atom. The van der Waals surface area contributed by atoms with Gasteiger partial charge in [0.1, 0.15) is 0 Å². The largest absolute Gasteiger partial charge is 0.369 e. The van der Waals surface area contributed by atoms with E-state index in [9.17, 15) is 0 Å². The highest BCUT2D eigenvalue weighted by Gasteiger charge is 2.14. The van der Waals surface area contributed by atoms with Crippen LogP contribution in [0.25, 0.3) is 16.7 Å². The van der Waals surface area contributed by atoms with Gasteiger partial charge in [0.2, 0.25) is 5.95 Å². The number of imidazole rings is 1. The molecule has 21 heavy (non-hydrogen) atoms. The van der Waals surface area contributed by atoms with E-state index < -0.39 is 0 Å². The van der Waals surface area contributed by atoms with Gasteiger partial charge in [0.25, 0.3) is 0 Å². The second-order valence-electron chi connectivity index (χ2n) is 5.33. The summed E-state index contributed by atoms with van der Waals surface area (Å²) in [4.78, 5) is 4.40. The Morgan fingerprint density at radius 2 is 1.95 bits per heavy atom. The van der Waals surface area contributed by atoms with Crippen LogP contribution in [0.1, 0.15) is 30.9 Å². The average molecular weight is 276 g/mol. The second kappa shape index (κ2) is 4.95. The molecule has 4 heteroatoms. The van der Waals surface area contributed by atoms with Gasteiger partial charge >= 0.3 is 0 Å². The van der Waals surface area contributed by atoms with Crippen LogP contribution in [0.15, 0.2) is 42.5 Å². The highest BCUT2D eigenvalue weighted by atomic mass is 15.2. The third-order valence-corrected chi connectivity index (χ3v) is 3.61. The van der Waals surface area contributed by atoms with E-state index in [1.165, 1.54) is 5.56 Å². The van der Waals surface area contributed by atoms with Crippen molar-refractivity contribution >= 4 is 17.0 Å². The first-order chi connectivity index (χ1) is 10.1. The summed E-state index contributed by atoms with van der Waals surface area (Å²) in [6, 6.07) is 15.7. The molecule has 0 fully saturated rings. The van der Waals surface area contributed by atoms with Crippen LogP contribution in [-0.4, -0.2) is 9.55 Å². The molecule has 0 unspecified atom stereocenters. The Kier molecular flexibility index (Phi) is 3.11. The maximum atomic E-state index is 9.10. The lowest BCUT2D eigenvalue weighted by atomic mass is 10.0. The Labute approximate surface area is 123 Å². The summed E-state index contributed by atoms with van der Waals surface area (Å²) in [6.07, 6.45) is 0. The van der Waals surface area contributed by atoms with Gasteiger partial charge in [-0.05, 0) is 35.7 Å². The summed E-state index contributed by atoms with van der Waals surface area (Å²) in [6.45, 7) is 4.30. The van der Waals surface area contributed by atoms with E-state index in [1.54, 1.807) is 6.07 Å². The lowest BCUT2D eigenvalue weighted by molar-refractivity contribution is 0.851. The minimum Gasteiger partial charge on any atom is -0.369 e. The van der Waals surface area contributed by atoms with Crippen LogP contribution < -0.4 is 5.73 Å². The molecule has 0 radical (unpaired) electrons. The zero-order valence-corrected chi connectivity index (χ0v) is 12.0. The summed E-state index contributed by atoms with van der Waals surface area (Å²) in [5.41, 5.74) is 10.6. The highest BCUT2D eigenvalue weighted by molar-refractivity contribution is 5.82. The molecular weight excluding hydrogens is 260 g/mol. The molecule has 0 aliphatic heterocycles. The van der Waals surface area contributed by atoms with Gasteiger partial charge in [-0.15, -0.1) is 0 Å². The zero-order valence-electron chi connectivity index (χ0n) is 12.0. The van der Waals surface area contributed by atoms with Gasteiger partial charge in [-0.3, -0.25) is 4.57 Å². The lowest BCUT2D eigenvalue weighted by Gasteiger charge is -2.15. The van der Waals surface area contributed by atoms with Gasteiger partial charge in [-0.25, -0.2) is 4.98 Å². The van der Waals surface area contributed by atoms with Gasteiger partial charge in [-0.1, -0.05) is 32.0 Å². The first kappa shape index (κ1) is 13.2. The molecule has 0 atom stereocenters. The topological polar surface area (TPSA) is 67.6 Å². The third-order valence-electron chi connectivity index (χ3n) is 3.61. The summed E-state index contributed by atoms with van der Waals surface area (Å²) in [5.74, 6) is 0.811.